The summed E-state index contributed by atoms with van der Waals surface area (Å²) in [5.41, 5.74) is 15.0. The number of rotatable bonds is 4. The van der Waals surface area contributed by atoms with Gasteiger partial charge in [0.2, 0.25) is 5.95 Å². The van der Waals surface area contributed by atoms with E-state index in [1.807, 2.05) is 0 Å². The summed E-state index contributed by atoms with van der Waals surface area (Å²) in [5.74, 6) is 0.651. The molecule has 0 unspecified atom stereocenters. The smallest absolute Gasteiger partial charge is 0.235 e. The molecule has 2 heterocycles. The molecule has 10 aromatic carbocycles. The first-order chi connectivity index (χ1) is 31.9. The van der Waals surface area contributed by atoms with Gasteiger partial charge in [-0.1, -0.05) is 216 Å². The summed E-state index contributed by atoms with van der Waals surface area (Å²) in [4.78, 5) is 11.0. The van der Waals surface area contributed by atoms with E-state index in [9.17, 15) is 0 Å². The van der Waals surface area contributed by atoms with Crippen LogP contribution in [-0.2, 0) is 5.41 Å². The number of para-hydroxylation sites is 2. The van der Waals surface area contributed by atoms with Crippen molar-refractivity contribution >= 4 is 65.0 Å². The lowest BCUT2D eigenvalue weighted by molar-refractivity contribution is 0.661. The fourth-order valence-corrected chi connectivity index (χ4v) is 10.6. The van der Waals surface area contributed by atoms with E-state index in [4.69, 9.17) is 9.97 Å². The van der Waals surface area contributed by atoms with Crippen LogP contribution < -0.4 is 0 Å². The Bertz CT molecular complexity index is 3850. The van der Waals surface area contributed by atoms with Gasteiger partial charge in [0.25, 0.3) is 0 Å². The van der Waals surface area contributed by atoms with Crippen LogP contribution in [0.3, 0.4) is 0 Å². The third-order valence-electron chi connectivity index (χ3n) is 13.6. The highest BCUT2D eigenvalue weighted by molar-refractivity contribution is 6.23. The molecule has 1 aliphatic rings. The van der Waals surface area contributed by atoms with E-state index in [0.29, 0.717) is 5.95 Å². The Morgan fingerprint density at radius 2 is 0.985 bits per heavy atom. The van der Waals surface area contributed by atoms with Crippen LogP contribution in [0, 0.1) is 0 Å². The van der Waals surface area contributed by atoms with Crippen LogP contribution in [0.25, 0.3) is 116 Å². The molecule has 0 radical (unpaired) electrons. The van der Waals surface area contributed by atoms with Crippen molar-refractivity contribution in [1.82, 2.24) is 14.5 Å². The number of hydrogen-bond acceptors (Lipinski definition) is 2. The van der Waals surface area contributed by atoms with E-state index in [1.165, 1.54) is 88.5 Å². The molecule has 2 aromatic heterocycles. The lowest BCUT2D eigenvalue weighted by Crippen LogP contribution is -2.14. The number of nitrogens with zero attached hydrogens (tertiary/aromatic N) is 3. The zero-order valence-corrected chi connectivity index (χ0v) is 37.1. The van der Waals surface area contributed by atoms with Crippen LogP contribution in [0.2, 0.25) is 0 Å². The van der Waals surface area contributed by atoms with Crippen LogP contribution >= 0.6 is 0 Å². The summed E-state index contributed by atoms with van der Waals surface area (Å²) >= 11 is 0. The van der Waals surface area contributed by atoms with E-state index in [-0.39, 0.29) is 5.41 Å². The Balaban J connectivity index is 0.00000144. The Hall–Kier alpha value is -7.88. The fraction of sp³-hybridized carbons (Fsp3) is 0.0968. The van der Waals surface area contributed by atoms with E-state index in [1.54, 1.807) is 0 Å². The third-order valence-corrected chi connectivity index (χ3v) is 13.6. The molecule has 12 aromatic rings. The van der Waals surface area contributed by atoms with Crippen molar-refractivity contribution < 1.29 is 0 Å². The van der Waals surface area contributed by atoms with Crippen LogP contribution in [-0.4, -0.2) is 14.5 Å². The molecule has 65 heavy (non-hydrogen) atoms. The summed E-state index contributed by atoms with van der Waals surface area (Å²) in [7, 11) is 0. The third kappa shape index (κ3) is 6.03. The Morgan fingerprint density at radius 1 is 0.431 bits per heavy atom. The van der Waals surface area contributed by atoms with Gasteiger partial charge >= 0.3 is 0 Å². The summed E-state index contributed by atoms with van der Waals surface area (Å²) in [6, 6.07) is 73.0. The zero-order chi connectivity index (χ0) is 43.8. The van der Waals surface area contributed by atoms with E-state index < -0.39 is 0 Å². The van der Waals surface area contributed by atoms with Crippen LogP contribution in [0.1, 0.15) is 45.2 Å². The van der Waals surface area contributed by atoms with Gasteiger partial charge in [-0.2, -0.15) is 0 Å². The molecule has 0 spiro atoms. The molecule has 0 fully saturated rings. The lowest BCUT2D eigenvalue weighted by atomic mass is 9.82. The number of fused-ring (bicyclic) bond motifs is 12. The molecule has 13 rings (SSSR count). The van der Waals surface area contributed by atoms with Crippen molar-refractivity contribution in [2.45, 2.75) is 39.5 Å². The summed E-state index contributed by atoms with van der Waals surface area (Å²) < 4.78 is 2.33. The molecule has 310 valence electrons. The van der Waals surface area contributed by atoms with Gasteiger partial charge in [0.1, 0.15) is 0 Å². The molecule has 3 heteroatoms. The second-order valence-electron chi connectivity index (χ2n) is 18.0. The molecule has 0 amide bonds. The number of benzene rings is 10. The molecular formula is C62H47N3. The van der Waals surface area contributed by atoms with Crippen LogP contribution in [0.15, 0.2) is 200 Å². The SMILES string of the molecule is CC1(C)c2ccc(-c3cccc4c5c6ccccc6ccc5n(-c5nc(-c6ccc(-c7cccc8ccccc78)cc6)c6ccccc6n5)c34)cc2-c2c1ccc1ccccc21.CCC. The first-order valence-electron chi connectivity index (χ1n) is 22.9. The highest BCUT2D eigenvalue weighted by Crippen LogP contribution is 2.53. The topological polar surface area (TPSA) is 30.7 Å². The van der Waals surface area contributed by atoms with Crippen LogP contribution in [0.5, 0.6) is 0 Å². The van der Waals surface area contributed by atoms with Gasteiger partial charge in [-0.05, 0) is 89.5 Å². The van der Waals surface area contributed by atoms with E-state index >= 15 is 0 Å². The molecule has 1 aliphatic carbocycles. The number of aromatic nitrogens is 3. The first kappa shape index (κ1) is 38.8. The Morgan fingerprint density at radius 3 is 1.77 bits per heavy atom. The van der Waals surface area contributed by atoms with Gasteiger partial charge in [-0.3, -0.25) is 4.57 Å². The maximum absolute atomic E-state index is 5.57. The van der Waals surface area contributed by atoms with E-state index in [0.717, 1.165) is 38.8 Å². The van der Waals surface area contributed by atoms with Crippen molar-refractivity contribution in [2.75, 3.05) is 0 Å². The van der Waals surface area contributed by atoms with Crippen molar-refractivity contribution in [3.63, 3.8) is 0 Å². The molecule has 0 saturated heterocycles. The minimum absolute atomic E-state index is 0.116. The summed E-state index contributed by atoms with van der Waals surface area (Å²) in [5, 5.41) is 10.9. The Kier molecular flexibility index (Phi) is 9.03. The molecule has 0 N–H and O–H groups in total. The van der Waals surface area contributed by atoms with Gasteiger partial charge in [0.05, 0.1) is 22.2 Å². The van der Waals surface area contributed by atoms with E-state index in [2.05, 4.69) is 232 Å². The van der Waals surface area contributed by atoms with Gasteiger partial charge < -0.3 is 0 Å². The molecule has 0 saturated carbocycles. The largest absolute Gasteiger partial charge is 0.277 e. The molecule has 3 nitrogen and oxygen atoms in total. The van der Waals surface area contributed by atoms with Gasteiger partial charge in [0, 0.05) is 32.7 Å². The number of hydrogen-bond donors (Lipinski definition) is 0. The average molecular weight is 834 g/mol. The van der Waals surface area contributed by atoms with Gasteiger partial charge in [0.15, 0.2) is 0 Å². The zero-order valence-electron chi connectivity index (χ0n) is 37.1. The van der Waals surface area contributed by atoms with Crippen molar-refractivity contribution in [3.8, 4) is 50.6 Å². The molecule has 0 atom stereocenters. The van der Waals surface area contributed by atoms with Gasteiger partial charge in [-0.15, -0.1) is 0 Å². The minimum atomic E-state index is -0.116. The normalized spacial score (nSPS) is 12.8. The predicted octanol–water partition coefficient (Wildman–Crippen LogP) is 16.9. The van der Waals surface area contributed by atoms with Crippen molar-refractivity contribution in [1.29, 1.82) is 0 Å². The summed E-state index contributed by atoms with van der Waals surface area (Å²) in [6.45, 7) is 8.98. The minimum Gasteiger partial charge on any atom is -0.277 e. The lowest BCUT2D eigenvalue weighted by Gasteiger charge is -2.21. The standard InChI is InChI=1S/C59H39N3.C3H8/c1-59(2)50-32-30-41(35-49(50)54-44-18-7-4-14-37(44)29-33-51(54)59)46-22-12-23-48-55-45-19-8-5-15-38(45)31-34-53(55)62(57(46)48)58-60-52-24-10-9-20-47(52)56(61-58)40-27-25-39(26-28-40)43-21-11-16-36-13-3-6-17-42(36)43;1-3-2/h3-35H,1-2H3;3H2,1-2H3. The second kappa shape index (κ2) is 15.1. The molecule has 0 aliphatic heterocycles. The monoisotopic (exact) mass is 833 g/mol. The highest BCUT2D eigenvalue weighted by Gasteiger charge is 2.36. The molecule has 0 bridgehead atoms. The summed E-state index contributed by atoms with van der Waals surface area (Å²) in [6.07, 6.45) is 1.25. The van der Waals surface area contributed by atoms with Crippen LogP contribution in [0.4, 0.5) is 0 Å². The van der Waals surface area contributed by atoms with Gasteiger partial charge in [-0.25, -0.2) is 9.97 Å². The second-order valence-corrected chi connectivity index (χ2v) is 18.0. The highest BCUT2D eigenvalue weighted by atomic mass is 15.2. The maximum atomic E-state index is 5.57. The predicted molar refractivity (Wildman–Crippen MR) is 276 cm³/mol. The first-order valence-corrected chi connectivity index (χ1v) is 22.9. The fourth-order valence-electron chi connectivity index (χ4n) is 10.6. The molecular weight excluding hydrogens is 787 g/mol. The Labute approximate surface area is 379 Å². The van der Waals surface area contributed by atoms with Crippen molar-refractivity contribution in [2.24, 2.45) is 0 Å². The average Bonchev–Trinajstić information content (AvgIpc) is 3.82. The maximum Gasteiger partial charge on any atom is 0.235 e. The quantitative estimate of drug-likeness (QED) is 0.177. The van der Waals surface area contributed by atoms with Crippen molar-refractivity contribution in [3.05, 3.63) is 211 Å².